The van der Waals surface area contributed by atoms with Crippen LogP contribution in [0, 0.1) is 5.92 Å². The smallest absolute Gasteiger partial charge is 0.257 e. The molecule has 0 radical (unpaired) electrons. The topological polar surface area (TPSA) is 79.5 Å². The fourth-order valence-corrected chi connectivity index (χ4v) is 2.83. The van der Waals surface area contributed by atoms with Crippen LogP contribution in [0.5, 0.6) is 5.75 Å². The molecule has 7 heteroatoms. The number of rotatable bonds is 9. The van der Waals surface area contributed by atoms with E-state index in [1.807, 2.05) is 30.3 Å². The Morgan fingerprint density at radius 1 is 1.10 bits per heavy atom. The van der Waals surface area contributed by atoms with Crippen molar-refractivity contribution in [2.24, 2.45) is 5.92 Å². The number of hydrogen-bond donors (Lipinski definition) is 3. The molecule has 0 aromatic heterocycles. The molecule has 30 heavy (non-hydrogen) atoms. The van der Waals surface area contributed by atoms with Gasteiger partial charge in [0.1, 0.15) is 5.75 Å². The highest BCUT2D eigenvalue weighted by atomic mass is 32.1. The Kier molecular flexibility index (Phi) is 9.28. The van der Waals surface area contributed by atoms with Crippen LogP contribution in [-0.2, 0) is 11.2 Å². The summed E-state index contributed by atoms with van der Waals surface area (Å²) in [6.07, 6.45) is 2.06. The average molecular weight is 428 g/mol. The van der Waals surface area contributed by atoms with Crippen LogP contribution in [-0.4, -0.2) is 30.6 Å². The molecule has 3 N–H and O–H groups in total. The second kappa shape index (κ2) is 11.9. The first kappa shape index (κ1) is 23.3. The van der Waals surface area contributed by atoms with E-state index >= 15 is 0 Å². The minimum absolute atomic E-state index is 0.00971. The van der Waals surface area contributed by atoms with Crippen molar-refractivity contribution in [3.8, 4) is 5.75 Å². The maximum absolute atomic E-state index is 12.5. The zero-order chi connectivity index (χ0) is 21.9. The van der Waals surface area contributed by atoms with Gasteiger partial charge < -0.3 is 15.4 Å². The molecular weight excluding hydrogens is 398 g/mol. The van der Waals surface area contributed by atoms with Gasteiger partial charge in [0.15, 0.2) is 5.11 Å². The van der Waals surface area contributed by atoms with E-state index in [0.29, 0.717) is 36.7 Å². The van der Waals surface area contributed by atoms with E-state index in [4.69, 9.17) is 17.0 Å². The molecule has 0 saturated carbocycles. The van der Waals surface area contributed by atoms with Crippen molar-refractivity contribution in [1.82, 2.24) is 10.6 Å². The second-order valence-electron chi connectivity index (χ2n) is 7.34. The van der Waals surface area contributed by atoms with Crippen LogP contribution >= 0.6 is 12.2 Å². The predicted molar refractivity (Wildman–Crippen MR) is 124 cm³/mol. The number of ether oxygens (including phenoxy) is 1. The number of amides is 2. The van der Waals surface area contributed by atoms with Gasteiger partial charge in [0.25, 0.3) is 5.91 Å². The molecule has 2 amide bonds. The lowest BCUT2D eigenvalue weighted by Gasteiger charge is -2.12. The van der Waals surface area contributed by atoms with E-state index in [9.17, 15) is 9.59 Å². The van der Waals surface area contributed by atoms with Crippen molar-refractivity contribution in [2.45, 2.75) is 33.1 Å². The van der Waals surface area contributed by atoms with Crippen molar-refractivity contribution in [3.05, 3.63) is 59.7 Å². The normalized spacial score (nSPS) is 10.4. The summed E-state index contributed by atoms with van der Waals surface area (Å²) in [7, 11) is 1.63. The molecule has 160 valence electrons. The van der Waals surface area contributed by atoms with E-state index in [1.165, 1.54) is 0 Å². The summed E-state index contributed by atoms with van der Waals surface area (Å²) in [6.45, 7) is 4.89. The zero-order valence-corrected chi connectivity index (χ0v) is 18.5. The number of benzene rings is 2. The average Bonchev–Trinajstić information content (AvgIpc) is 2.72. The molecule has 0 aliphatic carbocycles. The van der Waals surface area contributed by atoms with Crippen LogP contribution in [0.3, 0.4) is 0 Å². The Morgan fingerprint density at radius 2 is 1.83 bits per heavy atom. The number of aryl methyl sites for hydroxylation is 1. The van der Waals surface area contributed by atoms with Gasteiger partial charge in [-0.05, 0) is 66.9 Å². The highest BCUT2D eigenvalue weighted by molar-refractivity contribution is 7.80. The van der Waals surface area contributed by atoms with Gasteiger partial charge in [-0.15, -0.1) is 0 Å². The highest BCUT2D eigenvalue weighted by Gasteiger charge is 2.10. The Hall–Kier alpha value is -2.93. The SMILES string of the molecule is CNC(=O)CCc1ccc(NC(=S)NC(=O)c2cccc(OCCC(C)C)c2)cc1. The van der Waals surface area contributed by atoms with Gasteiger partial charge in [0.05, 0.1) is 6.61 Å². The molecule has 0 bridgehead atoms. The van der Waals surface area contributed by atoms with Crippen LogP contribution < -0.4 is 20.7 Å². The molecule has 2 aromatic carbocycles. The number of thiocarbonyl (C=S) groups is 1. The Labute approximate surface area is 183 Å². The molecule has 0 aliphatic rings. The Bertz CT molecular complexity index is 866. The maximum atomic E-state index is 12.5. The molecule has 0 aliphatic heterocycles. The first-order valence-electron chi connectivity index (χ1n) is 10.0. The molecule has 6 nitrogen and oxygen atoms in total. The van der Waals surface area contributed by atoms with Crippen LogP contribution in [0.1, 0.15) is 42.6 Å². The monoisotopic (exact) mass is 427 g/mol. The second-order valence-corrected chi connectivity index (χ2v) is 7.75. The van der Waals surface area contributed by atoms with Crippen LogP contribution in [0.2, 0.25) is 0 Å². The summed E-state index contributed by atoms with van der Waals surface area (Å²) < 4.78 is 5.71. The summed E-state index contributed by atoms with van der Waals surface area (Å²) in [4.78, 5) is 23.8. The van der Waals surface area contributed by atoms with Crippen molar-refractivity contribution in [3.63, 3.8) is 0 Å². The molecule has 2 aromatic rings. The van der Waals surface area contributed by atoms with E-state index in [-0.39, 0.29) is 16.9 Å². The van der Waals surface area contributed by atoms with Gasteiger partial charge in [-0.3, -0.25) is 14.9 Å². The maximum Gasteiger partial charge on any atom is 0.257 e. The third-order valence-corrected chi connectivity index (χ3v) is 4.62. The quantitative estimate of drug-likeness (QED) is 0.529. The highest BCUT2D eigenvalue weighted by Crippen LogP contribution is 2.15. The standard InChI is InChI=1S/C23H29N3O3S/c1-16(2)13-14-29-20-6-4-5-18(15-20)22(28)26-23(30)25-19-10-7-17(8-11-19)9-12-21(27)24-3/h4-8,10-11,15-16H,9,12-14H2,1-3H3,(H,24,27)(H2,25,26,28,30). The minimum Gasteiger partial charge on any atom is -0.494 e. The van der Waals surface area contributed by atoms with E-state index in [0.717, 1.165) is 17.7 Å². The number of carbonyl (C=O) groups excluding carboxylic acids is 2. The summed E-state index contributed by atoms with van der Waals surface area (Å²) in [6, 6.07) is 14.6. The molecule has 0 saturated heterocycles. The molecule has 0 unspecified atom stereocenters. The fraction of sp³-hybridized carbons (Fsp3) is 0.348. The van der Waals surface area contributed by atoms with Crippen molar-refractivity contribution in [1.29, 1.82) is 0 Å². The summed E-state index contributed by atoms with van der Waals surface area (Å²) >= 11 is 5.25. The molecule has 2 rings (SSSR count). The fourth-order valence-electron chi connectivity index (χ4n) is 2.61. The number of carbonyl (C=O) groups is 2. The van der Waals surface area contributed by atoms with Crippen LogP contribution in [0.15, 0.2) is 48.5 Å². The van der Waals surface area contributed by atoms with Gasteiger partial charge in [0, 0.05) is 24.7 Å². The lowest BCUT2D eigenvalue weighted by Crippen LogP contribution is -2.34. The van der Waals surface area contributed by atoms with Crippen molar-refractivity contribution < 1.29 is 14.3 Å². The van der Waals surface area contributed by atoms with Crippen molar-refractivity contribution in [2.75, 3.05) is 19.0 Å². The summed E-state index contributed by atoms with van der Waals surface area (Å²) in [5.74, 6) is 0.929. The molecule has 0 fully saturated rings. The first-order valence-corrected chi connectivity index (χ1v) is 10.4. The number of nitrogens with one attached hydrogen (secondary N) is 3. The zero-order valence-electron chi connectivity index (χ0n) is 17.7. The van der Waals surface area contributed by atoms with Crippen LogP contribution in [0.25, 0.3) is 0 Å². The molecular formula is C23H29N3O3S. The lowest BCUT2D eigenvalue weighted by atomic mass is 10.1. The van der Waals surface area contributed by atoms with Gasteiger partial charge >= 0.3 is 0 Å². The molecule has 0 spiro atoms. The van der Waals surface area contributed by atoms with Gasteiger partial charge in [0.2, 0.25) is 5.91 Å². The Balaban J connectivity index is 1.85. The van der Waals surface area contributed by atoms with E-state index < -0.39 is 0 Å². The van der Waals surface area contributed by atoms with E-state index in [1.54, 1.807) is 25.2 Å². The van der Waals surface area contributed by atoms with E-state index in [2.05, 4.69) is 29.8 Å². The summed E-state index contributed by atoms with van der Waals surface area (Å²) in [5.41, 5.74) is 2.29. The van der Waals surface area contributed by atoms with Gasteiger partial charge in [-0.25, -0.2) is 0 Å². The van der Waals surface area contributed by atoms with Crippen molar-refractivity contribution >= 4 is 34.8 Å². The number of hydrogen-bond acceptors (Lipinski definition) is 4. The third kappa shape index (κ3) is 8.21. The summed E-state index contributed by atoms with van der Waals surface area (Å²) in [5, 5.41) is 8.50. The lowest BCUT2D eigenvalue weighted by molar-refractivity contribution is -0.120. The third-order valence-electron chi connectivity index (χ3n) is 4.42. The predicted octanol–water partition coefficient (Wildman–Crippen LogP) is 3.92. The number of anilines is 1. The Morgan fingerprint density at radius 3 is 2.50 bits per heavy atom. The first-order chi connectivity index (χ1) is 14.4. The van der Waals surface area contributed by atoms with Gasteiger partial charge in [-0.1, -0.05) is 32.0 Å². The largest absolute Gasteiger partial charge is 0.494 e. The minimum atomic E-state index is -0.302. The van der Waals surface area contributed by atoms with Gasteiger partial charge in [-0.2, -0.15) is 0 Å². The molecule has 0 heterocycles. The molecule has 0 atom stereocenters. The van der Waals surface area contributed by atoms with Crippen LogP contribution in [0.4, 0.5) is 5.69 Å².